The zero-order valence-electron chi connectivity index (χ0n) is 26.8. The van der Waals surface area contributed by atoms with Crippen LogP contribution >= 0.6 is 0 Å². The summed E-state index contributed by atoms with van der Waals surface area (Å²) < 4.78 is 14.7. The molecular formula is C45H32O. The number of benzene rings is 8. The number of hydrogen-bond donors (Lipinski definition) is 0. The molecule has 1 heterocycles. The molecular weight excluding hydrogens is 556 g/mol. The lowest BCUT2D eigenvalue weighted by Crippen LogP contribution is -1.94. The SMILES string of the molecule is [2H]c1ccc2cc(-c3c4ccccc4c(-c4ccccc4-c4ccc(C(C)C)c5oc6ccccc6c45)c4ccccc34)ccc2c1. The number of rotatable bonds is 4. The van der Waals surface area contributed by atoms with Crippen molar-refractivity contribution in [2.75, 3.05) is 0 Å². The van der Waals surface area contributed by atoms with E-state index in [1.807, 2.05) is 12.1 Å². The molecule has 1 aromatic heterocycles. The highest BCUT2D eigenvalue weighted by Gasteiger charge is 2.22. The molecule has 0 atom stereocenters. The van der Waals surface area contributed by atoms with Crippen LogP contribution in [0.2, 0.25) is 0 Å². The smallest absolute Gasteiger partial charge is 0.139 e. The molecule has 0 aliphatic heterocycles. The van der Waals surface area contributed by atoms with Gasteiger partial charge in [-0.25, -0.2) is 0 Å². The third kappa shape index (κ3) is 4.02. The van der Waals surface area contributed by atoms with Crippen molar-refractivity contribution in [3.8, 4) is 33.4 Å². The lowest BCUT2D eigenvalue weighted by Gasteiger charge is -2.20. The third-order valence-corrected chi connectivity index (χ3v) is 9.57. The van der Waals surface area contributed by atoms with Crippen molar-refractivity contribution in [1.82, 2.24) is 0 Å². The van der Waals surface area contributed by atoms with Crippen molar-refractivity contribution in [3.05, 3.63) is 157 Å². The second-order valence-electron chi connectivity index (χ2n) is 12.5. The zero-order valence-corrected chi connectivity index (χ0v) is 25.8. The highest BCUT2D eigenvalue weighted by Crippen LogP contribution is 2.48. The number of hydrogen-bond acceptors (Lipinski definition) is 1. The van der Waals surface area contributed by atoms with Gasteiger partial charge in [0.25, 0.3) is 0 Å². The van der Waals surface area contributed by atoms with Gasteiger partial charge in [-0.1, -0.05) is 153 Å². The van der Waals surface area contributed by atoms with Crippen molar-refractivity contribution in [2.45, 2.75) is 19.8 Å². The summed E-state index contributed by atoms with van der Waals surface area (Å²) in [6.45, 7) is 4.47. The monoisotopic (exact) mass is 589 g/mol. The largest absolute Gasteiger partial charge is 0.456 e. The van der Waals surface area contributed by atoms with Crippen LogP contribution in [0.15, 0.2) is 156 Å². The Morgan fingerprint density at radius 1 is 0.500 bits per heavy atom. The van der Waals surface area contributed by atoms with Crippen LogP contribution in [0.25, 0.3) is 87.6 Å². The second-order valence-corrected chi connectivity index (χ2v) is 12.5. The van der Waals surface area contributed by atoms with E-state index in [9.17, 15) is 0 Å². The predicted molar refractivity (Wildman–Crippen MR) is 197 cm³/mol. The van der Waals surface area contributed by atoms with Gasteiger partial charge >= 0.3 is 0 Å². The van der Waals surface area contributed by atoms with Crippen LogP contribution in [0.3, 0.4) is 0 Å². The number of para-hydroxylation sites is 1. The van der Waals surface area contributed by atoms with Crippen LogP contribution in [0.4, 0.5) is 0 Å². The van der Waals surface area contributed by atoms with Crippen LogP contribution in [-0.2, 0) is 0 Å². The summed E-state index contributed by atoms with van der Waals surface area (Å²) in [6, 6.07) is 52.5. The van der Waals surface area contributed by atoms with Crippen molar-refractivity contribution >= 4 is 54.3 Å². The summed E-state index contributed by atoms with van der Waals surface area (Å²) in [5.41, 5.74) is 10.4. The van der Waals surface area contributed by atoms with E-state index in [1.165, 1.54) is 65.9 Å². The summed E-state index contributed by atoms with van der Waals surface area (Å²) in [6.07, 6.45) is 0. The van der Waals surface area contributed by atoms with E-state index in [4.69, 9.17) is 5.79 Å². The van der Waals surface area contributed by atoms with Gasteiger partial charge in [0.05, 0.1) is 1.37 Å². The van der Waals surface area contributed by atoms with E-state index in [2.05, 4.69) is 147 Å². The molecule has 0 N–H and O–H groups in total. The Morgan fingerprint density at radius 3 is 1.85 bits per heavy atom. The maximum atomic E-state index is 8.09. The van der Waals surface area contributed by atoms with E-state index in [0.717, 1.165) is 27.3 Å². The van der Waals surface area contributed by atoms with E-state index in [0.29, 0.717) is 12.0 Å². The molecule has 0 saturated heterocycles. The minimum absolute atomic E-state index is 0.340. The molecule has 218 valence electrons. The molecule has 0 spiro atoms. The van der Waals surface area contributed by atoms with E-state index >= 15 is 0 Å². The molecule has 0 unspecified atom stereocenters. The van der Waals surface area contributed by atoms with Gasteiger partial charge in [0.1, 0.15) is 11.2 Å². The van der Waals surface area contributed by atoms with Crippen LogP contribution in [0.5, 0.6) is 0 Å². The molecule has 1 nitrogen and oxygen atoms in total. The zero-order chi connectivity index (χ0) is 31.6. The first-order valence-electron chi connectivity index (χ1n) is 16.5. The predicted octanol–water partition coefficient (Wildman–Crippen LogP) is 13.2. The number of furan rings is 1. The molecule has 0 fully saturated rings. The van der Waals surface area contributed by atoms with Crippen molar-refractivity contribution < 1.29 is 5.79 Å². The fourth-order valence-corrected chi connectivity index (χ4v) is 7.47. The molecule has 9 rings (SSSR count). The molecule has 1 heteroatoms. The van der Waals surface area contributed by atoms with E-state index in [-0.39, 0.29) is 0 Å². The Morgan fingerprint density at radius 2 is 1.13 bits per heavy atom. The first-order valence-corrected chi connectivity index (χ1v) is 16.0. The molecule has 46 heavy (non-hydrogen) atoms. The Balaban J connectivity index is 1.37. The lowest BCUT2D eigenvalue weighted by molar-refractivity contribution is 0.657. The van der Waals surface area contributed by atoms with Gasteiger partial charge in [0.15, 0.2) is 0 Å². The Bertz CT molecular complexity index is 2620. The topological polar surface area (TPSA) is 13.1 Å². The molecule has 0 aliphatic carbocycles. The summed E-state index contributed by atoms with van der Waals surface area (Å²) >= 11 is 0. The van der Waals surface area contributed by atoms with Gasteiger partial charge in [-0.05, 0) is 89.3 Å². The molecule has 9 aromatic rings. The normalized spacial score (nSPS) is 12.2. The molecule has 0 amide bonds. The minimum Gasteiger partial charge on any atom is -0.456 e. The van der Waals surface area contributed by atoms with Gasteiger partial charge in [-0.2, -0.15) is 0 Å². The first kappa shape index (κ1) is 25.6. The van der Waals surface area contributed by atoms with Gasteiger partial charge in [-0.3, -0.25) is 0 Å². The van der Waals surface area contributed by atoms with Gasteiger partial charge in [0.2, 0.25) is 0 Å². The summed E-state index contributed by atoms with van der Waals surface area (Å²) in [5, 5.41) is 9.45. The Labute approximate surface area is 269 Å². The average molecular weight is 590 g/mol. The summed E-state index contributed by atoms with van der Waals surface area (Å²) in [4.78, 5) is 0. The molecule has 8 aromatic carbocycles. The molecule has 0 radical (unpaired) electrons. The Kier molecular flexibility index (Phi) is 5.83. The Hall–Kier alpha value is -5.66. The highest BCUT2D eigenvalue weighted by molar-refractivity contribution is 6.24. The highest BCUT2D eigenvalue weighted by atomic mass is 16.3. The van der Waals surface area contributed by atoms with Gasteiger partial charge in [-0.15, -0.1) is 0 Å². The first-order chi connectivity index (χ1) is 23.1. The minimum atomic E-state index is 0.340. The standard InChI is InChI=1S/C45H32O/c1-28(2)32-25-26-39(44-40-21-11-12-22-41(40)46-45(32)44)33-15-5-6-16-34(33)43-37-19-9-7-17-35(37)42(36-18-8-10-20-38(36)43)31-24-23-29-13-3-4-14-30(29)27-31/h3-28H,1-2H3/i3D. The quantitative estimate of drug-likeness (QED) is 0.186. The fraction of sp³-hybridized carbons (Fsp3) is 0.0667. The van der Waals surface area contributed by atoms with E-state index in [1.54, 1.807) is 0 Å². The summed E-state index contributed by atoms with van der Waals surface area (Å²) in [5.74, 6) is 0.340. The second kappa shape index (κ2) is 10.5. The molecule has 0 saturated carbocycles. The van der Waals surface area contributed by atoms with Crippen LogP contribution in [-0.4, -0.2) is 0 Å². The summed E-state index contributed by atoms with van der Waals surface area (Å²) in [7, 11) is 0. The third-order valence-electron chi connectivity index (χ3n) is 9.57. The number of fused-ring (bicyclic) bond motifs is 6. The van der Waals surface area contributed by atoms with Crippen molar-refractivity contribution in [3.63, 3.8) is 0 Å². The van der Waals surface area contributed by atoms with Crippen molar-refractivity contribution in [2.24, 2.45) is 0 Å². The van der Waals surface area contributed by atoms with E-state index < -0.39 is 0 Å². The maximum absolute atomic E-state index is 8.09. The lowest BCUT2D eigenvalue weighted by atomic mass is 9.83. The van der Waals surface area contributed by atoms with Crippen LogP contribution in [0.1, 0.15) is 26.7 Å². The molecule has 0 aliphatic rings. The van der Waals surface area contributed by atoms with Crippen LogP contribution < -0.4 is 0 Å². The van der Waals surface area contributed by atoms with Crippen LogP contribution in [0, 0.1) is 0 Å². The fourth-order valence-electron chi connectivity index (χ4n) is 7.47. The van der Waals surface area contributed by atoms with Gasteiger partial charge < -0.3 is 4.42 Å². The maximum Gasteiger partial charge on any atom is 0.139 e. The van der Waals surface area contributed by atoms with Gasteiger partial charge in [0, 0.05) is 10.8 Å². The van der Waals surface area contributed by atoms with Crippen molar-refractivity contribution in [1.29, 1.82) is 0 Å². The molecule has 0 bridgehead atoms. The average Bonchev–Trinajstić information content (AvgIpc) is 3.50.